The second-order valence-electron chi connectivity index (χ2n) is 7.15. The van der Waals surface area contributed by atoms with E-state index in [1.807, 2.05) is 27.7 Å². The van der Waals surface area contributed by atoms with Crippen LogP contribution in [0.5, 0.6) is 0 Å². The number of hydrogen-bond donors (Lipinski definition) is 2. The van der Waals surface area contributed by atoms with Crippen LogP contribution in [0.4, 0.5) is 14.7 Å². The predicted molar refractivity (Wildman–Crippen MR) is 96.2 cm³/mol. The van der Waals surface area contributed by atoms with Crippen molar-refractivity contribution in [3.63, 3.8) is 0 Å². The highest BCUT2D eigenvalue weighted by Gasteiger charge is 2.21. The first-order chi connectivity index (χ1) is 12.2. The van der Waals surface area contributed by atoms with Crippen molar-refractivity contribution in [3.05, 3.63) is 51.9 Å². The first-order valence-corrected chi connectivity index (χ1v) is 8.40. The molecule has 1 aromatic carbocycles. The Morgan fingerprint density at radius 3 is 2.69 bits per heavy atom. The van der Waals surface area contributed by atoms with E-state index in [4.69, 9.17) is 0 Å². The number of H-pyrrole nitrogens is 1. The summed E-state index contributed by atoms with van der Waals surface area (Å²) in [5.41, 5.74) is -0.0981. The second kappa shape index (κ2) is 6.51. The SMILES string of the molecule is CCC(Nc1nc2c(cnn2C(C)(C)C)c(=O)[nH]1)c1cc(F)ccc1F. The Bertz CT molecular complexity index is 1000. The maximum atomic E-state index is 14.1. The average molecular weight is 361 g/mol. The maximum Gasteiger partial charge on any atom is 0.263 e. The van der Waals surface area contributed by atoms with Gasteiger partial charge in [0.2, 0.25) is 5.95 Å². The lowest BCUT2D eigenvalue weighted by Gasteiger charge is -2.21. The van der Waals surface area contributed by atoms with Gasteiger partial charge in [-0.2, -0.15) is 10.1 Å². The largest absolute Gasteiger partial charge is 0.349 e. The normalized spacial score (nSPS) is 13.2. The van der Waals surface area contributed by atoms with Crippen LogP contribution in [0.3, 0.4) is 0 Å². The Balaban J connectivity index is 2.05. The summed E-state index contributed by atoms with van der Waals surface area (Å²) in [5.74, 6) is -0.859. The van der Waals surface area contributed by atoms with Gasteiger partial charge in [-0.1, -0.05) is 6.92 Å². The molecule has 0 bridgehead atoms. The van der Waals surface area contributed by atoms with E-state index in [-0.39, 0.29) is 22.6 Å². The van der Waals surface area contributed by atoms with Gasteiger partial charge in [0.05, 0.1) is 17.8 Å². The molecular weight excluding hydrogens is 340 g/mol. The number of benzene rings is 1. The molecule has 0 amide bonds. The highest BCUT2D eigenvalue weighted by molar-refractivity contribution is 5.74. The van der Waals surface area contributed by atoms with Gasteiger partial charge in [0.15, 0.2) is 5.65 Å². The van der Waals surface area contributed by atoms with E-state index in [1.54, 1.807) is 4.68 Å². The minimum atomic E-state index is -0.544. The molecule has 0 aliphatic rings. The molecule has 8 heteroatoms. The summed E-state index contributed by atoms with van der Waals surface area (Å²) in [4.78, 5) is 19.4. The molecule has 1 atom stereocenters. The van der Waals surface area contributed by atoms with Crippen molar-refractivity contribution >= 4 is 17.0 Å². The summed E-state index contributed by atoms with van der Waals surface area (Å²) >= 11 is 0. The molecule has 3 rings (SSSR count). The van der Waals surface area contributed by atoms with Crippen LogP contribution in [-0.2, 0) is 5.54 Å². The van der Waals surface area contributed by atoms with E-state index >= 15 is 0 Å². The summed E-state index contributed by atoms with van der Waals surface area (Å²) in [5, 5.41) is 7.62. The minimum Gasteiger partial charge on any atom is -0.349 e. The molecule has 0 aliphatic carbocycles. The van der Waals surface area contributed by atoms with Gasteiger partial charge in [-0.15, -0.1) is 0 Å². The summed E-state index contributed by atoms with van der Waals surface area (Å²) < 4.78 is 29.3. The third-order valence-corrected chi connectivity index (χ3v) is 4.13. The number of nitrogens with one attached hydrogen (secondary N) is 2. The van der Waals surface area contributed by atoms with E-state index in [2.05, 4.69) is 20.4 Å². The maximum absolute atomic E-state index is 14.1. The molecule has 138 valence electrons. The third-order valence-electron chi connectivity index (χ3n) is 4.13. The van der Waals surface area contributed by atoms with Crippen molar-refractivity contribution in [1.82, 2.24) is 19.7 Å². The molecule has 6 nitrogen and oxygen atoms in total. The van der Waals surface area contributed by atoms with Gasteiger partial charge in [-0.25, -0.2) is 13.5 Å². The van der Waals surface area contributed by atoms with Crippen molar-refractivity contribution in [2.45, 2.75) is 45.7 Å². The fourth-order valence-corrected chi connectivity index (χ4v) is 2.82. The van der Waals surface area contributed by atoms with Crippen molar-refractivity contribution in [3.8, 4) is 0 Å². The molecule has 2 heterocycles. The molecule has 0 aliphatic heterocycles. The van der Waals surface area contributed by atoms with Crippen LogP contribution < -0.4 is 10.9 Å². The van der Waals surface area contributed by atoms with E-state index in [0.717, 1.165) is 18.2 Å². The quantitative estimate of drug-likeness (QED) is 0.743. The Labute approximate surface area is 149 Å². The van der Waals surface area contributed by atoms with Gasteiger partial charge in [0.25, 0.3) is 5.56 Å². The van der Waals surface area contributed by atoms with Crippen LogP contribution in [-0.4, -0.2) is 19.7 Å². The van der Waals surface area contributed by atoms with Crippen LogP contribution in [0.1, 0.15) is 45.7 Å². The molecule has 0 fully saturated rings. The highest BCUT2D eigenvalue weighted by Crippen LogP contribution is 2.25. The number of nitrogens with zero attached hydrogens (tertiary/aromatic N) is 3. The summed E-state index contributed by atoms with van der Waals surface area (Å²) in [6.07, 6.45) is 1.94. The average Bonchev–Trinajstić information content (AvgIpc) is 3.00. The number of aromatic nitrogens is 4. The predicted octanol–water partition coefficient (Wildman–Crippen LogP) is 3.72. The van der Waals surface area contributed by atoms with E-state index in [1.165, 1.54) is 6.20 Å². The molecular formula is C18H21F2N5O. The molecule has 1 unspecified atom stereocenters. The molecule has 3 aromatic rings. The summed E-state index contributed by atoms with van der Waals surface area (Å²) in [6.45, 7) is 7.68. The van der Waals surface area contributed by atoms with Gasteiger partial charge in [-0.05, 0) is 45.4 Å². The fourth-order valence-electron chi connectivity index (χ4n) is 2.82. The van der Waals surface area contributed by atoms with Gasteiger partial charge in [-0.3, -0.25) is 9.78 Å². The molecule has 0 radical (unpaired) electrons. The van der Waals surface area contributed by atoms with Gasteiger partial charge >= 0.3 is 0 Å². The number of fused-ring (bicyclic) bond motifs is 1. The first kappa shape index (κ1) is 18.0. The summed E-state index contributed by atoms with van der Waals surface area (Å²) in [7, 11) is 0. The van der Waals surface area contributed by atoms with Crippen molar-refractivity contribution in [1.29, 1.82) is 0 Å². The van der Waals surface area contributed by atoms with E-state index in [0.29, 0.717) is 17.5 Å². The van der Waals surface area contributed by atoms with Crippen LogP contribution in [0, 0.1) is 11.6 Å². The van der Waals surface area contributed by atoms with Crippen LogP contribution in [0.25, 0.3) is 11.0 Å². The lowest BCUT2D eigenvalue weighted by molar-refractivity contribution is 0.366. The number of aromatic amines is 1. The number of hydrogen-bond acceptors (Lipinski definition) is 4. The Morgan fingerprint density at radius 2 is 2.04 bits per heavy atom. The first-order valence-electron chi connectivity index (χ1n) is 8.40. The lowest BCUT2D eigenvalue weighted by Crippen LogP contribution is -2.24. The molecule has 0 spiro atoms. The number of halogens is 2. The third kappa shape index (κ3) is 3.31. The van der Waals surface area contributed by atoms with Crippen molar-refractivity contribution < 1.29 is 8.78 Å². The topological polar surface area (TPSA) is 75.6 Å². The Morgan fingerprint density at radius 1 is 1.31 bits per heavy atom. The summed E-state index contributed by atoms with van der Waals surface area (Å²) in [6, 6.07) is 2.76. The highest BCUT2D eigenvalue weighted by atomic mass is 19.1. The standard InChI is InChI=1S/C18H21F2N5O/c1-5-14(11-8-10(19)6-7-13(11)20)22-17-23-15-12(16(26)24-17)9-21-25(15)18(2,3)4/h6-9,14H,5H2,1-4H3,(H2,22,23,24,26). The Hall–Kier alpha value is -2.77. The zero-order valence-electron chi connectivity index (χ0n) is 15.1. The van der Waals surface area contributed by atoms with Gasteiger partial charge < -0.3 is 5.32 Å². The number of rotatable bonds is 4. The number of anilines is 1. The Kier molecular flexibility index (Phi) is 4.52. The van der Waals surface area contributed by atoms with Gasteiger partial charge in [0.1, 0.15) is 17.0 Å². The zero-order chi connectivity index (χ0) is 19.1. The molecule has 2 aromatic heterocycles. The molecule has 0 saturated carbocycles. The van der Waals surface area contributed by atoms with Crippen LogP contribution in [0.2, 0.25) is 0 Å². The lowest BCUT2D eigenvalue weighted by atomic mass is 10.0. The molecule has 26 heavy (non-hydrogen) atoms. The molecule has 0 saturated heterocycles. The van der Waals surface area contributed by atoms with E-state index < -0.39 is 17.7 Å². The second-order valence-corrected chi connectivity index (χ2v) is 7.15. The smallest absolute Gasteiger partial charge is 0.263 e. The van der Waals surface area contributed by atoms with Crippen molar-refractivity contribution in [2.75, 3.05) is 5.32 Å². The zero-order valence-corrected chi connectivity index (χ0v) is 15.1. The van der Waals surface area contributed by atoms with Crippen LogP contribution in [0.15, 0.2) is 29.2 Å². The van der Waals surface area contributed by atoms with E-state index in [9.17, 15) is 13.6 Å². The monoisotopic (exact) mass is 361 g/mol. The molecule has 2 N–H and O–H groups in total. The van der Waals surface area contributed by atoms with Gasteiger partial charge in [0, 0.05) is 5.56 Å². The minimum absolute atomic E-state index is 0.180. The van der Waals surface area contributed by atoms with Crippen LogP contribution >= 0.6 is 0 Å². The fraction of sp³-hybridized carbons (Fsp3) is 0.389. The van der Waals surface area contributed by atoms with Crippen molar-refractivity contribution in [2.24, 2.45) is 0 Å².